The van der Waals surface area contributed by atoms with Crippen molar-refractivity contribution in [2.24, 2.45) is 0 Å². The van der Waals surface area contributed by atoms with Gasteiger partial charge in [0.05, 0.1) is 66.6 Å². The fraction of sp³-hybridized carbons (Fsp3) is 0.429. The number of methoxy groups -OCH3 is 2. The highest BCUT2D eigenvalue weighted by Gasteiger charge is 2.50. The van der Waals surface area contributed by atoms with Crippen molar-refractivity contribution in [1.82, 2.24) is 10.6 Å². The zero-order valence-corrected chi connectivity index (χ0v) is 35.2. The van der Waals surface area contributed by atoms with Crippen LogP contribution in [0.15, 0.2) is 66.2 Å². The Labute approximate surface area is 355 Å². The van der Waals surface area contributed by atoms with Crippen molar-refractivity contribution >= 4 is 46.7 Å². The van der Waals surface area contributed by atoms with Gasteiger partial charge in [-0.25, -0.2) is 9.65 Å². The Bertz CT molecular complexity index is 2160. The van der Waals surface area contributed by atoms with E-state index in [1.165, 1.54) is 32.2 Å². The molecule has 5 rings (SSSR count). The number of nitro groups is 1. The molecule has 0 bridgehead atoms. The van der Waals surface area contributed by atoms with Gasteiger partial charge in [0.1, 0.15) is 30.8 Å². The van der Waals surface area contributed by atoms with Crippen molar-refractivity contribution in [2.75, 3.05) is 39.7 Å². The third-order valence-corrected chi connectivity index (χ3v) is 11.3. The number of ketones is 1. The predicted molar refractivity (Wildman–Crippen MR) is 220 cm³/mol. The molecule has 19 heteroatoms. The van der Waals surface area contributed by atoms with E-state index in [0.717, 1.165) is 23.0 Å². The third kappa shape index (κ3) is 10.9. The monoisotopic (exact) mass is 869 g/mol. The number of fused-ring (bicyclic) bond motifs is 1. The zero-order chi connectivity index (χ0) is 44.4. The van der Waals surface area contributed by atoms with Gasteiger partial charge < -0.3 is 35.1 Å². The molecule has 0 radical (unpaired) electrons. The maximum Gasteiger partial charge on any atom is 0.279 e. The average Bonchev–Trinajstić information content (AvgIpc) is 3.44. The maximum absolute atomic E-state index is 14.5. The summed E-state index contributed by atoms with van der Waals surface area (Å²) in [6.07, 6.45) is 1.27. The Morgan fingerprint density at radius 2 is 1.80 bits per heavy atom. The van der Waals surface area contributed by atoms with Gasteiger partial charge in [0.2, 0.25) is 17.5 Å². The normalized spacial score (nSPS) is 18.2. The molecule has 0 aromatic heterocycles. The lowest BCUT2D eigenvalue weighted by molar-refractivity contribution is -0.438. The minimum atomic E-state index is -1.14. The number of aliphatic hydroxyl groups is 2. The van der Waals surface area contributed by atoms with Crippen LogP contribution in [0, 0.1) is 15.9 Å². The molecule has 3 aromatic rings. The van der Waals surface area contributed by atoms with Crippen molar-refractivity contribution in [3.63, 3.8) is 0 Å². The number of hydrogen-bond donors (Lipinski definition) is 5. The van der Waals surface area contributed by atoms with Gasteiger partial charge in [-0.3, -0.25) is 24.5 Å². The van der Waals surface area contributed by atoms with E-state index < -0.39 is 52.1 Å². The van der Waals surface area contributed by atoms with E-state index in [9.17, 15) is 39.1 Å². The Kier molecular flexibility index (Phi) is 16.0. The number of halogens is 1. The second kappa shape index (κ2) is 20.9. The van der Waals surface area contributed by atoms with Crippen molar-refractivity contribution in [1.29, 1.82) is 0 Å². The van der Waals surface area contributed by atoms with Crippen molar-refractivity contribution in [2.45, 2.75) is 76.0 Å². The van der Waals surface area contributed by atoms with Crippen LogP contribution < -0.4 is 24.8 Å². The number of rotatable bonds is 22. The summed E-state index contributed by atoms with van der Waals surface area (Å²) >= 11 is 0.575. The fourth-order valence-electron chi connectivity index (χ4n) is 7.44. The van der Waals surface area contributed by atoms with Gasteiger partial charge in [0, 0.05) is 48.2 Å². The number of hydrogen-bond acceptors (Lipinski definition) is 14. The minimum absolute atomic E-state index is 0.0191. The molecule has 0 spiro atoms. The molecule has 5 N–H and O–H groups in total. The highest BCUT2D eigenvalue weighted by atomic mass is 32.2. The van der Waals surface area contributed by atoms with Crippen LogP contribution in [-0.2, 0) is 29.2 Å². The number of nitrogens with zero attached hydrogens (tertiary/aromatic N) is 2. The average molecular weight is 870 g/mol. The van der Waals surface area contributed by atoms with Gasteiger partial charge in [0.15, 0.2) is 23.0 Å². The summed E-state index contributed by atoms with van der Waals surface area (Å²) in [5, 5.41) is 50.1. The molecule has 1 aliphatic carbocycles. The summed E-state index contributed by atoms with van der Waals surface area (Å²) in [7, 11) is 2.88. The van der Waals surface area contributed by atoms with Gasteiger partial charge in [-0.15, -0.1) is 4.33 Å². The third-order valence-electron chi connectivity index (χ3n) is 10.7. The number of unbranched alkanes of at least 4 members (excludes halogenated alkanes) is 2. The van der Waals surface area contributed by atoms with E-state index in [4.69, 9.17) is 19.5 Å². The first-order chi connectivity index (χ1) is 29.1. The molecule has 17 nitrogen and oxygen atoms in total. The standard InChI is InChI=1S/C42H49FN4O13S/c1-24(48)28-20-34(57-5)35(22-33(28)47(53)54)58-18-16-44-41(52)31(23-61-60-59-55)45-37(49)9-7-6-8-17-46-32-15-12-26(43)19-30(32)42(2,3)36(46)21-29-39(50)38(40(29)51)25-10-13-27(56-4)14-11-25/h10-15,19-22,24,31,38-39,48,50H,6-9,16-18,23H2,1-5H3,(H2-,44,45,49,52,55)/p+1. The summed E-state index contributed by atoms with van der Waals surface area (Å²) in [6, 6.07) is 12.9. The van der Waals surface area contributed by atoms with Gasteiger partial charge >= 0.3 is 0 Å². The highest BCUT2D eigenvalue weighted by molar-refractivity contribution is 7.94. The molecule has 1 saturated carbocycles. The molecule has 1 heterocycles. The SMILES string of the molecule is COc1ccc(C2C(=O)C(=CC3=[N+](CCCCCC(=O)NC(CSOOO)C(=O)NCCOc4cc([N+](=O)[O-])c(C(C)O)cc4OC)c4ccc(F)cc4C3(C)C)C2O)cc1. The summed E-state index contributed by atoms with van der Waals surface area (Å²) in [6.45, 7) is 5.53. The molecule has 4 atom stereocenters. The lowest BCUT2D eigenvalue weighted by atomic mass is 9.70. The fourth-order valence-corrected chi connectivity index (χ4v) is 7.91. The lowest BCUT2D eigenvalue weighted by Crippen LogP contribution is -2.49. The van der Waals surface area contributed by atoms with E-state index in [1.807, 2.05) is 18.4 Å². The molecule has 61 heavy (non-hydrogen) atoms. The van der Waals surface area contributed by atoms with Gasteiger partial charge in [-0.2, -0.15) is 4.58 Å². The number of allylic oxidation sites excluding steroid dienone is 1. The van der Waals surface area contributed by atoms with Crippen LogP contribution in [0.5, 0.6) is 17.2 Å². The lowest BCUT2D eigenvalue weighted by Gasteiger charge is -2.34. The largest absolute Gasteiger partial charge is 0.497 e. The van der Waals surface area contributed by atoms with Crippen LogP contribution in [0.2, 0.25) is 0 Å². The zero-order valence-electron chi connectivity index (χ0n) is 34.3. The van der Waals surface area contributed by atoms with E-state index in [-0.39, 0.29) is 59.4 Å². The number of Topliss-reactive ketones (excluding diaryl/α,β-unsaturated/α-hetero) is 1. The second-order valence-electron chi connectivity index (χ2n) is 15.0. The van der Waals surface area contributed by atoms with Gasteiger partial charge in [-0.1, -0.05) is 17.2 Å². The summed E-state index contributed by atoms with van der Waals surface area (Å²) < 4.78 is 37.1. The summed E-state index contributed by atoms with van der Waals surface area (Å²) in [5.41, 5.74) is 2.18. The smallest absolute Gasteiger partial charge is 0.279 e. The van der Waals surface area contributed by atoms with Crippen molar-refractivity contribution in [3.8, 4) is 17.2 Å². The number of nitrogens with one attached hydrogen (secondary N) is 2. The molecule has 1 aliphatic heterocycles. The Balaban J connectivity index is 1.17. The first kappa shape index (κ1) is 46.6. The van der Waals surface area contributed by atoms with Crippen LogP contribution in [0.4, 0.5) is 15.8 Å². The Morgan fingerprint density at radius 1 is 1.07 bits per heavy atom. The first-order valence-electron chi connectivity index (χ1n) is 19.5. The van der Waals surface area contributed by atoms with Crippen molar-refractivity contribution < 1.29 is 67.3 Å². The second-order valence-corrected chi connectivity index (χ2v) is 15.7. The molecular formula is C42H50FN4O13S+. The van der Waals surface area contributed by atoms with Crippen LogP contribution in [-0.4, -0.2) is 100 Å². The number of ether oxygens (including phenoxy) is 3. The van der Waals surface area contributed by atoms with Crippen molar-refractivity contribution in [3.05, 3.63) is 98.9 Å². The number of carbonyl (C=O) groups excluding carboxylic acids is 3. The minimum Gasteiger partial charge on any atom is -0.497 e. The summed E-state index contributed by atoms with van der Waals surface area (Å²) in [5.74, 6) is -1.69. The number of benzene rings is 3. The molecule has 328 valence electrons. The molecule has 0 saturated heterocycles. The molecule has 2 amide bonds. The van der Waals surface area contributed by atoms with Crippen LogP contribution in [0.25, 0.3) is 0 Å². The first-order valence-corrected chi connectivity index (χ1v) is 20.4. The quantitative estimate of drug-likeness (QED) is 0.0168. The number of aliphatic hydroxyl groups excluding tert-OH is 2. The van der Waals surface area contributed by atoms with E-state index in [1.54, 1.807) is 43.5 Å². The molecule has 3 aromatic carbocycles. The van der Waals surface area contributed by atoms with Crippen LogP contribution >= 0.6 is 12.0 Å². The van der Waals surface area contributed by atoms with E-state index >= 15 is 0 Å². The molecule has 1 fully saturated rings. The van der Waals surface area contributed by atoms with Gasteiger partial charge in [0.25, 0.3) is 5.69 Å². The Hall–Kier alpha value is -5.44. The van der Waals surface area contributed by atoms with E-state index in [0.29, 0.717) is 49.2 Å². The van der Waals surface area contributed by atoms with Crippen LogP contribution in [0.1, 0.15) is 75.2 Å². The topological polar surface area (TPSA) is 228 Å². The van der Waals surface area contributed by atoms with Gasteiger partial charge in [-0.05, 0) is 69.5 Å². The highest BCUT2D eigenvalue weighted by Crippen LogP contribution is 2.44. The molecular weight excluding hydrogens is 820 g/mol. The number of nitro benzene ring substituents is 1. The predicted octanol–water partition coefficient (Wildman–Crippen LogP) is 5.14. The Morgan fingerprint density at radius 3 is 2.44 bits per heavy atom. The van der Waals surface area contributed by atoms with E-state index in [2.05, 4.69) is 20.0 Å². The number of carbonyl (C=O) groups is 3. The number of amides is 2. The summed E-state index contributed by atoms with van der Waals surface area (Å²) in [4.78, 5) is 50.4. The maximum atomic E-state index is 14.5. The van der Waals surface area contributed by atoms with Crippen LogP contribution in [0.3, 0.4) is 0 Å². The molecule has 2 aliphatic rings. The molecule has 4 unspecified atom stereocenters.